The first-order valence-corrected chi connectivity index (χ1v) is 7.24. The van der Waals surface area contributed by atoms with Crippen LogP contribution in [0, 0.1) is 0 Å². The van der Waals surface area contributed by atoms with Crippen LogP contribution in [0.15, 0.2) is 29.2 Å². The van der Waals surface area contributed by atoms with Gasteiger partial charge in [0.15, 0.2) is 0 Å². The van der Waals surface area contributed by atoms with Crippen molar-refractivity contribution in [2.45, 2.75) is 36.0 Å². The Labute approximate surface area is 113 Å². The van der Waals surface area contributed by atoms with Gasteiger partial charge < -0.3 is 10.4 Å². The van der Waals surface area contributed by atoms with Crippen molar-refractivity contribution < 1.29 is 18.9 Å². The number of carboxylic acids is 1. The molecule has 1 aliphatic rings. The van der Waals surface area contributed by atoms with Gasteiger partial charge >= 0.3 is 5.97 Å². The van der Waals surface area contributed by atoms with Crippen LogP contribution in [-0.2, 0) is 15.6 Å². The molecule has 1 aliphatic carbocycles. The summed E-state index contributed by atoms with van der Waals surface area (Å²) in [5.41, 5.74) is 0.135. The zero-order chi connectivity index (χ0) is 14.0. The van der Waals surface area contributed by atoms with Crippen molar-refractivity contribution in [3.63, 3.8) is 0 Å². The second-order valence-electron chi connectivity index (χ2n) is 4.55. The maximum absolute atomic E-state index is 12.2. The zero-order valence-corrected chi connectivity index (χ0v) is 11.3. The normalized spacial score (nSPS) is 17.5. The van der Waals surface area contributed by atoms with Crippen LogP contribution in [0.3, 0.4) is 0 Å². The Morgan fingerprint density at radius 2 is 1.89 bits per heavy atom. The summed E-state index contributed by atoms with van der Waals surface area (Å²) >= 11 is 0. The summed E-state index contributed by atoms with van der Waals surface area (Å²) < 4.78 is 12.2. The Bertz CT molecular complexity index is 522. The van der Waals surface area contributed by atoms with Crippen molar-refractivity contribution in [1.82, 2.24) is 5.32 Å². The van der Waals surface area contributed by atoms with Gasteiger partial charge in [0.05, 0.1) is 16.4 Å². The van der Waals surface area contributed by atoms with E-state index in [4.69, 9.17) is 5.11 Å². The first-order valence-electron chi connectivity index (χ1n) is 6.03. The van der Waals surface area contributed by atoms with Crippen LogP contribution in [0.25, 0.3) is 0 Å². The molecular weight excluding hydrogens is 266 g/mol. The number of hydrogen-bond donors (Lipinski definition) is 2. The monoisotopic (exact) mass is 281 g/mol. The minimum atomic E-state index is -1.47. The van der Waals surface area contributed by atoms with Crippen LogP contribution in [0.1, 0.15) is 30.1 Å². The van der Waals surface area contributed by atoms with E-state index in [1.165, 1.54) is 24.3 Å². The van der Waals surface area contributed by atoms with Crippen LogP contribution in [0.2, 0.25) is 0 Å². The molecule has 0 aromatic heterocycles. The smallest absolute Gasteiger partial charge is 0.335 e. The highest BCUT2D eigenvalue weighted by molar-refractivity contribution is 7.86. The van der Waals surface area contributed by atoms with Crippen molar-refractivity contribution in [3.05, 3.63) is 29.8 Å². The fraction of sp³-hybridized carbons (Fsp3) is 0.385. The summed E-state index contributed by atoms with van der Waals surface area (Å²) in [5.74, 6) is -1.25. The van der Waals surface area contributed by atoms with E-state index in [2.05, 4.69) is 5.32 Å². The Morgan fingerprint density at radius 1 is 1.32 bits per heavy atom. The van der Waals surface area contributed by atoms with Crippen LogP contribution >= 0.6 is 0 Å². The quantitative estimate of drug-likeness (QED) is 0.848. The lowest BCUT2D eigenvalue weighted by atomic mass is 10.2. The largest absolute Gasteiger partial charge is 0.478 e. The highest BCUT2D eigenvalue weighted by Gasteiger charge is 2.28. The molecule has 2 unspecified atom stereocenters. The third kappa shape index (κ3) is 3.41. The number of nitrogens with one attached hydrogen (secondary N) is 1. The SMILES string of the molecule is CC(C(=O)NC1CC1)S(=O)c1ccc(C(=O)O)cc1. The minimum Gasteiger partial charge on any atom is -0.478 e. The molecule has 0 radical (unpaired) electrons. The third-order valence-electron chi connectivity index (χ3n) is 2.95. The van der Waals surface area contributed by atoms with Gasteiger partial charge in [-0.3, -0.25) is 9.00 Å². The molecule has 1 aromatic carbocycles. The number of carbonyl (C=O) groups is 2. The molecule has 2 rings (SSSR count). The van der Waals surface area contributed by atoms with Gasteiger partial charge in [0.1, 0.15) is 5.25 Å². The second-order valence-corrected chi connectivity index (χ2v) is 6.33. The predicted octanol–water partition coefficient (Wildman–Crippen LogP) is 1.16. The highest BCUT2D eigenvalue weighted by atomic mass is 32.2. The summed E-state index contributed by atoms with van der Waals surface area (Å²) in [7, 11) is -1.47. The van der Waals surface area contributed by atoms with E-state index in [1.807, 2.05) is 0 Å². The Morgan fingerprint density at radius 3 is 2.37 bits per heavy atom. The summed E-state index contributed by atoms with van der Waals surface area (Å²) in [6.07, 6.45) is 1.97. The zero-order valence-electron chi connectivity index (χ0n) is 10.5. The molecule has 19 heavy (non-hydrogen) atoms. The molecule has 0 bridgehead atoms. The maximum atomic E-state index is 12.2. The summed E-state index contributed by atoms with van der Waals surface area (Å²) in [5, 5.41) is 10.9. The number of aromatic carboxylic acids is 1. The second kappa shape index (κ2) is 5.52. The molecule has 0 heterocycles. The van der Waals surface area contributed by atoms with E-state index in [9.17, 15) is 13.8 Å². The van der Waals surface area contributed by atoms with Crippen molar-refractivity contribution in [3.8, 4) is 0 Å². The minimum absolute atomic E-state index is 0.135. The summed E-state index contributed by atoms with van der Waals surface area (Å²) in [4.78, 5) is 23.0. The molecule has 2 atom stereocenters. The molecule has 1 saturated carbocycles. The van der Waals surface area contributed by atoms with E-state index >= 15 is 0 Å². The predicted molar refractivity (Wildman–Crippen MR) is 70.4 cm³/mol. The molecule has 2 N–H and O–H groups in total. The fourth-order valence-electron chi connectivity index (χ4n) is 1.58. The summed E-state index contributed by atoms with van der Waals surface area (Å²) in [6, 6.07) is 5.99. The van der Waals surface area contributed by atoms with E-state index in [-0.39, 0.29) is 17.5 Å². The molecule has 1 fully saturated rings. The van der Waals surface area contributed by atoms with E-state index in [0.29, 0.717) is 4.90 Å². The highest BCUT2D eigenvalue weighted by Crippen LogP contribution is 2.20. The van der Waals surface area contributed by atoms with Crippen molar-refractivity contribution in [2.75, 3.05) is 0 Å². The van der Waals surface area contributed by atoms with Gasteiger partial charge in [0.2, 0.25) is 5.91 Å². The van der Waals surface area contributed by atoms with Gasteiger partial charge in [-0.2, -0.15) is 0 Å². The Hall–Kier alpha value is -1.69. The lowest BCUT2D eigenvalue weighted by Gasteiger charge is -2.11. The molecule has 0 aliphatic heterocycles. The first-order chi connectivity index (χ1) is 8.99. The fourth-order valence-corrected chi connectivity index (χ4v) is 2.65. The molecule has 6 heteroatoms. The number of carboxylic acid groups (broad SMARTS) is 1. The molecule has 5 nitrogen and oxygen atoms in total. The summed E-state index contributed by atoms with van der Waals surface area (Å²) in [6.45, 7) is 1.61. The van der Waals surface area contributed by atoms with Crippen LogP contribution in [0.5, 0.6) is 0 Å². The van der Waals surface area contributed by atoms with Crippen molar-refractivity contribution in [1.29, 1.82) is 0 Å². The molecule has 1 aromatic rings. The van der Waals surface area contributed by atoms with E-state index in [1.54, 1.807) is 6.92 Å². The molecule has 1 amide bonds. The first kappa shape index (κ1) is 13.7. The Kier molecular flexibility index (Phi) is 3.99. The molecule has 0 spiro atoms. The lowest BCUT2D eigenvalue weighted by molar-refractivity contribution is -0.120. The molecular formula is C13H15NO4S. The number of rotatable bonds is 5. The molecule has 0 saturated heterocycles. The topological polar surface area (TPSA) is 83.5 Å². The van der Waals surface area contributed by atoms with E-state index < -0.39 is 22.0 Å². The Balaban J connectivity index is 2.05. The number of carbonyl (C=O) groups excluding carboxylic acids is 1. The van der Waals surface area contributed by atoms with Crippen LogP contribution < -0.4 is 5.32 Å². The van der Waals surface area contributed by atoms with Crippen molar-refractivity contribution >= 4 is 22.7 Å². The lowest BCUT2D eigenvalue weighted by Crippen LogP contribution is -2.36. The van der Waals surface area contributed by atoms with Gasteiger partial charge in [-0.1, -0.05) is 0 Å². The molecule has 102 valence electrons. The van der Waals surface area contributed by atoms with E-state index in [0.717, 1.165) is 12.8 Å². The average molecular weight is 281 g/mol. The number of benzene rings is 1. The van der Waals surface area contributed by atoms with Crippen LogP contribution in [-0.4, -0.2) is 32.5 Å². The number of hydrogen-bond acceptors (Lipinski definition) is 3. The van der Waals surface area contributed by atoms with Crippen LogP contribution in [0.4, 0.5) is 0 Å². The number of amides is 1. The van der Waals surface area contributed by atoms with Gasteiger partial charge in [-0.05, 0) is 44.0 Å². The standard InChI is InChI=1S/C13H15NO4S/c1-8(12(15)14-10-4-5-10)19(18)11-6-2-9(3-7-11)13(16)17/h2-3,6-8,10H,4-5H2,1H3,(H,14,15)(H,16,17). The van der Waals surface area contributed by atoms with Gasteiger partial charge in [-0.25, -0.2) is 4.79 Å². The van der Waals surface area contributed by atoms with Gasteiger partial charge in [0.25, 0.3) is 0 Å². The average Bonchev–Trinajstić information content (AvgIpc) is 3.21. The van der Waals surface area contributed by atoms with Gasteiger partial charge in [0, 0.05) is 10.9 Å². The third-order valence-corrected chi connectivity index (χ3v) is 4.54. The maximum Gasteiger partial charge on any atom is 0.335 e. The van der Waals surface area contributed by atoms with Gasteiger partial charge in [-0.15, -0.1) is 0 Å². The van der Waals surface area contributed by atoms with Crippen molar-refractivity contribution in [2.24, 2.45) is 0 Å².